The number of anilines is 1. The molecule has 5 nitrogen and oxygen atoms in total. The molecule has 1 N–H and O–H groups in total. The maximum atomic E-state index is 13.8. The fourth-order valence-electron chi connectivity index (χ4n) is 3.73. The topological polar surface area (TPSA) is 66.5 Å². The molecule has 4 rings (SSSR count). The Morgan fingerprint density at radius 2 is 1.51 bits per heavy atom. The number of nitrogens with one attached hydrogen (secondary N) is 1. The number of nitrogens with zero attached hydrogens (tertiary/aromatic N) is 1. The van der Waals surface area contributed by atoms with Gasteiger partial charge in [0.2, 0.25) is 0 Å². The van der Waals surface area contributed by atoms with Gasteiger partial charge in [-0.3, -0.25) is 9.10 Å². The molecular formula is C29H27ClN2O3S2. The number of halogens is 1. The molecule has 0 saturated carbocycles. The monoisotopic (exact) mass is 550 g/mol. The summed E-state index contributed by atoms with van der Waals surface area (Å²) in [6, 6.07) is 30.4. The van der Waals surface area contributed by atoms with Crippen molar-refractivity contribution in [3.8, 4) is 0 Å². The third kappa shape index (κ3) is 6.95. The first-order chi connectivity index (χ1) is 17.8. The lowest BCUT2D eigenvalue weighted by Crippen LogP contribution is -2.34. The number of hydrogen-bond acceptors (Lipinski definition) is 4. The number of para-hydroxylation sites is 1. The molecule has 190 valence electrons. The molecule has 0 heterocycles. The van der Waals surface area contributed by atoms with E-state index in [9.17, 15) is 13.2 Å². The van der Waals surface area contributed by atoms with Gasteiger partial charge in [0.25, 0.3) is 15.9 Å². The molecule has 0 atom stereocenters. The van der Waals surface area contributed by atoms with Crippen LogP contribution in [0.1, 0.15) is 21.5 Å². The highest BCUT2D eigenvalue weighted by Crippen LogP contribution is 2.29. The van der Waals surface area contributed by atoms with Crippen molar-refractivity contribution < 1.29 is 13.2 Å². The first kappa shape index (κ1) is 26.8. The fraction of sp³-hybridized carbons (Fsp3) is 0.138. The molecule has 4 aromatic carbocycles. The van der Waals surface area contributed by atoms with E-state index in [2.05, 4.69) is 5.32 Å². The van der Waals surface area contributed by atoms with Crippen LogP contribution in [0.15, 0.2) is 113 Å². The minimum Gasteiger partial charge on any atom is -0.351 e. The molecule has 0 radical (unpaired) electrons. The average Bonchev–Trinajstić information content (AvgIpc) is 2.91. The lowest BCUT2D eigenvalue weighted by molar-refractivity contribution is 0.0957. The van der Waals surface area contributed by atoms with Crippen molar-refractivity contribution in [3.05, 3.63) is 125 Å². The Bertz CT molecular complexity index is 1440. The van der Waals surface area contributed by atoms with Crippen molar-refractivity contribution >= 4 is 45.0 Å². The average molecular weight is 551 g/mol. The van der Waals surface area contributed by atoms with E-state index in [0.29, 0.717) is 28.6 Å². The minimum atomic E-state index is -3.95. The summed E-state index contributed by atoms with van der Waals surface area (Å²) in [4.78, 5) is 14.5. The predicted octanol–water partition coefficient (Wildman–Crippen LogP) is 6.57. The van der Waals surface area contributed by atoms with Crippen LogP contribution in [0.4, 0.5) is 5.69 Å². The number of hydrogen-bond donors (Lipinski definition) is 1. The van der Waals surface area contributed by atoms with Crippen LogP contribution >= 0.6 is 23.4 Å². The number of amides is 1. The molecule has 0 aliphatic heterocycles. The summed E-state index contributed by atoms with van der Waals surface area (Å²) in [6.45, 7) is 2.42. The Hall–Kier alpha value is -3.26. The van der Waals surface area contributed by atoms with Gasteiger partial charge in [0.1, 0.15) is 0 Å². The third-order valence-electron chi connectivity index (χ3n) is 5.67. The lowest BCUT2D eigenvalue weighted by atomic mass is 10.1. The second-order valence-electron chi connectivity index (χ2n) is 8.39. The number of sulfonamides is 1. The molecule has 0 bridgehead atoms. The molecular weight excluding hydrogens is 524 g/mol. The zero-order valence-corrected chi connectivity index (χ0v) is 22.7. The van der Waals surface area contributed by atoms with E-state index in [4.69, 9.17) is 11.6 Å². The molecule has 0 unspecified atom stereocenters. The number of carbonyl (C=O) groups is 1. The van der Waals surface area contributed by atoms with Gasteiger partial charge >= 0.3 is 0 Å². The highest BCUT2D eigenvalue weighted by atomic mass is 35.5. The minimum absolute atomic E-state index is 0.0910. The van der Waals surface area contributed by atoms with Crippen molar-refractivity contribution in [3.63, 3.8) is 0 Å². The quantitative estimate of drug-likeness (QED) is 0.179. The van der Waals surface area contributed by atoms with Crippen molar-refractivity contribution in [2.75, 3.05) is 16.6 Å². The second kappa shape index (κ2) is 12.3. The predicted molar refractivity (Wildman–Crippen MR) is 152 cm³/mol. The Labute approximate surface area is 227 Å². The van der Waals surface area contributed by atoms with E-state index in [-0.39, 0.29) is 17.3 Å². The van der Waals surface area contributed by atoms with Crippen LogP contribution in [0.2, 0.25) is 5.02 Å². The van der Waals surface area contributed by atoms with E-state index >= 15 is 0 Å². The molecule has 0 aromatic heterocycles. The van der Waals surface area contributed by atoms with Gasteiger partial charge in [-0.2, -0.15) is 0 Å². The number of carbonyl (C=O) groups excluding carboxylic acids is 1. The Morgan fingerprint density at radius 3 is 2.22 bits per heavy atom. The van der Waals surface area contributed by atoms with Crippen LogP contribution < -0.4 is 9.62 Å². The number of aryl methyl sites for hydroxylation is 1. The van der Waals surface area contributed by atoms with Gasteiger partial charge in [-0.25, -0.2) is 8.42 Å². The maximum absolute atomic E-state index is 13.8. The largest absolute Gasteiger partial charge is 0.351 e. The molecule has 0 aliphatic carbocycles. The summed E-state index contributed by atoms with van der Waals surface area (Å²) >= 11 is 7.54. The van der Waals surface area contributed by atoms with Crippen LogP contribution in [0.5, 0.6) is 0 Å². The van der Waals surface area contributed by atoms with E-state index < -0.39 is 10.0 Å². The first-order valence-electron chi connectivity index (χ1n) is 11.7. The van der Waals surface area contributed by atoms with Crippen LogP contribution in [0.3, 0.4) is 0 Å². The molecule has 37 heavy (non-hydrogen) atoms. The lowest BCUT2D eigenvalue weighted by Gasteiger charge is -2.26. The molecule has 4 aromatic rings. The summed E-state index contributed by atoms with van der Waals surface area (Å²) in [5, 5.41) is 3.61. The summed E-state index contributed by atoms with van der Waals surface area (Å²) in [6.07, 6.45) is 0. The van der Waals surface area contributed by atoms with Gasteiger partial charge in [0.05, 0.1) is 22.7 Å². The van der Waals surface area contributed by atoms with Crippen LogP contribution in [-0.2, 0) is 16.6 Å². The molecule has 0 aliphatic rings. The Morgan fingerprint density at radius 1 is 0.865 bits per heavy atom. The summed E-state index contributed by atoms with van der Waals surface area (Å²) in [7, 11) is -3.95. The van der Waals surface area contributed by atoms with Gasteiger partial charge in [-0.05, 0) is 61.0 Å². The van der Waals surface area contributed by atoms with Gasteiger partial charge in [0, 0.05) is 22.2 Å². The third-order valence-corrected chi connectivity index (χ3v) is 8.71. The second-order valence-corrected chi connectivity index (χ2v) is 11.9. The van der Waals surface area contributed by atoms with Crippen molar-refractivity contribution in [1.29, 1.82) is 0 Å². The van der Waals surface area contributed by atoms with E-state index in [1.807, 2.05) is 61.5 Å². The standard InChI is InChI=1S/C29H27ClN2O3S2/c1-22-11-17-26(18-12-22)37(34,35)32(21-23-7-3-2-4-8-23)28-10-6-5-9-27(28)29(33)31-19-20-36-25-15-13-24(30)14-16-25/h2-18H,19-21H2,1H3,(H,31,33). The number of rotatable bonds is 10. The van der Waals surface area contributed by atoms with E-state index in [1.165, 1.54) is 4.31 Å². The molecule has 8 heteroatoms. The zero-order valence-electron chi connectivity index (χ0n) is 20.3. The summed E-state index contributed by atoms with van der Waals surface area (Å²) < 4.78 is 29.0. The molecule has 0 fully saturated rings. The summed E-state index contributed by atoms with van der Waals surface area (Å²) in [5.74, 6) is 0.328. The SMILES string of the molecule is Cc1ccc(S(=O)(=O)N(Cc2ccccc2)c2ccccc2C(=O)NCCSc2ccc(Cl)cc2)cc1. The van der Waals surface area contributed by atoms with Crippen LogP contribution in [-0.4, -0.2) is 26.6 Å². The highest BCUT2D eigenvalue weighted by molar-refractivity contribution is 7.99. The normalized spacial score (nSPS) is 11.2. The van der Waals surface area contributed by atoms with Gasteiger partial charge in [-0.15, -0.1) is 11.8 Å². The zero-order chi connectivity index (χ0) is 26.3. The van der Waals surface area contributed by atoms with Crippen molar-refractivity contribution in [2.24, 2.45) is 0 Å². The van der Waals surface area contributed by atoms with Crippen molar-refractivity contribution in [1.82, 2.24) is 5.32 Å². The Balaban J connectivity index is 1.59. The van der Waals surface area contributed by atoms with Gasteiger partial charge < -0.3 is 5.32 Å². The van der Waals surface area contributed by atoms with E-state index in [0.717, 1.165) is 16.0 Å². The molecule has 0 spiro atoms. The molecule has 1 amide bonds. The van der Waals surface area contributed by atoms with Crippen molar-refractivity contribution in [2.45, 2.75) is 23.3 Å². The summed E-state index contributed by atoms with van der Waals surface area (Å²) in [5.41, 5.74) is 2.40. The highest BCUT2D eigenvalue weighted by Gasteiger charge is 2.28. The number of benzene rings is 4. The smallest absolute Gasteiger partial charge is 0.264 e. The fourth-order valence-corrected chi connectivity index (χ4v) is 6.10. The van der Waals surface area contributed by atoms with Gasteiger partial charge in [-0.1, -0.05) is 71.8 Å². The first-order valence-corrected chi connectivity index (χ1v) is 14.5. The van der Waals surface area contributed by atoms with E-state index in [1.54, 1.807) is 60.3 Å². The van der Waals surface area contributed by atoms with Crippen LogP contribution in [0, 0.1) is 6.92 Å². The maximum Gasteiger partial charge on any atom is 0.264 e. The molecule has 0 saturated heterocycles. The van der Waals surface area contributed by atoms with Gasteiger partial charge in [0.15, 0.2) is 0 Å². The van der Waals surface area contributed by atoms with Crippen LogP contribution in [0.25, 0.3) is 0 Å². The number of thioether (sulfide) groups is 1. The Kier molecular flexibility index (Phi) is 8.92.